The number of aromatic nitrogens is 2. The van der Waals surface area contributed by atoms with E-state index in [4.69, 9.17) is 17.3 Å². The largest absolute Gasteiger partial charge is 0.368 e. The second kappa shape index (κ2) is 6.64. The Morgan fingerprint density at radius 3 is 2.71 bits per heavy atom. The van der Waals surface area contributed by atoms with Crippen LogP contribution in [0.3, 0.4) is 0 Å². The molecule has 1 unspecified atom stereocenters. The third kappa shape index (κ3) is 2.66. The maximum Gasteiger partial charge on any atom is 0.243 e. The van der Waals surface area contributed by atoms with Gasteiger partial charge in [0.2, 0.25) is 17.7 Å². The van der Waals surface area contributed by atoms with Crippen LogP contribution in [0.1, 0.15) is 17.5 Å². The van der Waals surface area contributed by atoms with Crippen molar-refractivity contribution in [1.29, 1.82) is 0 Å². The van der Waals surface area contributed by atoms with E-state index in [1.165, 1.54) is 23.0 Å². The fraction of sp³-hybridized carbons (Fsp3) is 0.143. The lowest BCUT2D eigenvalue weighted by Crippen LogP contribution is -2.48. The molecule has 1 atom stereocenters. The second-order valence-electron chi connectivity index (χ2n) is 7.42. The highest BCUT2D eigenvalue weighted by Gasteiger charge is 2.57. The molecule has 8 nitrogen and oxygen atoms in total. The molecule has 31 heavy (non-hydrogen) atoms. The third-order valence-electron chi connectivity index (χ3n) is 5.63. The molecule has 3 heterocycles. The van der Waals surface area contributed by atoms with Crippen LogP contribution in [0.2, 0.25) is 5.02 Å². The van der Waals surface area contributed by atoms with E-state index in [0.29, 0.717) is 21.8 Å². The molecule has 3 N–H and O–H groups in total. The van der Waals surface area contributed by atoms with Crippen LogP contribution < -0.4 is 16.0 Å². The number of anilines is 2. The Hall–Kier alpha value is -3.72. The highest BCUT2D eigenvalue weighted by Crippen LogP contribution is 2.52. The van der Waals surface area contributed by atoms with Gasteiger partial charge < -0.3 is 16.0 Å². The average Bonchev–Trinajstić information content (AvgIpc) is 3.22. The van der Waals surface area contributed by atoms with Crippen molar-refractivity contribution in [1.82, 2.24) is 9.78 Å². The number of nitrogens with one attached hydrogen (secondary N) is 1. The molecule has 2 aliphatic heterocycles. The number of fused-ring (bicyclic) bond motifs is 4. The first-order chi connectivity index (χ1) is 14.8. The Balaban J connectivity index is 1.77. The van der Waals surface area contributed by atoms with Crippen molar-refractivity contribution in [3.8, 4) is 5.69 Å². The van der Waals surface area contributed by atoms with Crippen LogP contribution in [0, 0.1) is 5.82 Å². The van der Waals surface area contributed by atoms with Gasteiger partial charge in [-0.3, -0.25) is 14.4 Å². The molecule has 0 saturated carbocycles. The molecule has 1 spiro atoms. The van der Waals surface area contributed by atoms with E-state index in [9.17, 15) is 18.8 Å². The number of benzene rings is 2. The van der Waals surface area contributed by atoms with Crippen LogP contribution in [-0.4, -0.2) is 34.0 Å². The summed E-state index contributed by atoms with van der Waals surface area (Å²) in [5.74, 6) is -2.01. The quantitative estimate of drug-likeness (QED) is 0.651. The van der Waals surface area contributed by atoms with E-state index in [-0.39, 0.29) is 17.9 Å². The summed E-state index contributed by atoms with van der Waals surface area (Å²) in [6.07, 6.45) is 1.26. The maximum atomic E-state index is 14.0. The average molecular weight is 440 g/mol. The van der Waals surface area contributed by atoms with Gasteiger partial charge in [-0.1, -0.05) is 29.8 Å². The van der Waals surface area contributed by atoms with Crippen molar-refractivity contribution in [2.45, 2.75) is 11.8 Å². The fourth-order valence-electron chi connectivity index (χ4n) is 4.39. The normalized spacial score (nSPS) is 19.4. The number of nitrogens with two attached hydrogens (primary N) is 1. The van der Waals surface area contributed by atoms with Gasteiger partial charge in [-0.15, -0.1) is 0 Å². The van der Waals surface area contributed by atoms with Crippen LogP contribution in [0.4, 0.5) is 15.9 Å². The minimum Gasteiger partial charge on any atom is -0.368 e. The van der Waals surface area contributed by atoms with Crippen molar-refractivity contribution in [2.24, 2.45) is 5.73 Å². The van der Waals surface area contributed by atoms with Crippen LogP contribution in [0.25, 0.3) is 5.69 Å². The van der Waals surface area contributed by atoms with Crippen molar-refractivity contribution in [2.75, 3.05) is 16.8 Å². The summed E-state index contributed by atoms with van der Waals surface area (Å²) < 4.78 is 15.5. The second-order valence-corrected chi connectivity index (χ2v) is 7.83. The summed E-state index contributed by atoms with van der Waals surface area (Å²) in [4.78, 5) is 39.2. The summed E-state index contributed by atoms with van der Waals surface area (Å²) >= 11 is 6.31. The molecule has 156 valence electrons. The molecule has 0 aliphatic carbocycles. The van der Waals surface area contributed by atoms with Crippen LogP contribution in [-0.2, 0) is 19.8 Å². The molecule has 10 heteroatoms. The monoisotopic (exact) mass is 439 g/mol. The molecule has 0 bridgehead atoms. The molecule has 0 fully saturated rings. The van der Waals surface area contributed by atoms with Gasteiger partial charge in [0.1, 0.15) is 23.6 Å². The smallest absolute Gasteiger partial charge is 0.243 e. The Kier molecular flexibility index (Phi) is 4.13. The summed E-state index contributed by atoms with van der Waals surface area (Å²) in [5, 5.41) is 7.55. The van der Waals surface area contributed by atoms with E-state index in [1.54, 1.807) is 24.3 Å². The van der Waals surface area contributed by atoms with Crippen molar-refractivity contribution in [3.05, 3.63) is 70.6 Å². The van der Waals surface area contributed by atoms with Gasteiger partial charge in [-0.25, -0.2) is 9.07 Å². The summed E-state index contributed by atoms with van der Waals surface area (Å²) in [5.41, 5.74) is 5.43. The minimum atomic E-state index is -1.46. The van der Waals surface area contributed by atoms with Gasteiger partial charge in [-0.05, 0) is 29.8 Å². The van der Waals surface area contributed by atoms with Crippen molar-refractivity contribution in [3.63, 3.8) is 0 Å². The Morgan fingerprint density at radius 2 is 1.97 bits per heavy atom. The lowest BCUT2D eigenvalue weighted by Gasteiger charge is -2.32. The molecule has 0 saturated heterocycles. The SMILES string of the molecule is NC(=O)CN1C(=O)C2(CC(=O)Nc3c2cnn3-c2ccccc2Cl)c2ccc(F)cc21. The first-order valence-corrected chi connectivity index (χ1v) is 9.74. The number of primary amides is 1. The molecule has 1 aromatic heterocycles. The molecular weight excluding hydrogens is 425 g/mol. The first-order valence-electron chi connectivity index (χ1n) is 9.36. The summed E-state index contributed by atoms with van der Waals surface area (Å²) in [7, 11) is 0. The van der Waals surface area contributed by atoms with E-state index >= 15 is 0 Å². The number of para-hydroxylation sites is 1. The van der Waals surface area contributed by atoms with Crippen LogP contribution in [0.15, 0.2) is 48.7 Å². The standard InChI is InChI=1S/C21H15ClFN5O3/c22-14-3-1-2-4-15(14)28-19-13(9-25-28)21(8-18(30)26-19)12-6-5-11(23)7-16(12)27(20(21)31)10-17(24)29/h1-7,9H,8,10H2,(H2,24,29)(H,26,30). The number of carbonyl (C=O) groups is 3. The van der Waals surface area contributed by atoms with Gasteiger partial charge in [0.15, 0.2) is 0 Å². The zero-order valence-electron chi connectivity index (χ0n) is 15.9. The van der Waals surface area contributed by atoms with E-state index < -0.39 is 35.5 Å². The summed E-state index contributed by atoms with van der Waals surface area (Å²) in [6.45, 7) is -0.438. The number of nitrogens with zero attached hydrogens (tertiary/aromatic N) is 3. The number of amides is 3. The summed E-state index contributed by atoms with van der Waals surface area (Å²) in [6, 6.07) is 10.8. The lowest BCUT2D eigenvalue weighted by atomic mass is 9.72. The lowest BCUT2D eigenvalue weighted by molar-refractivity contribution is -0.127. The maximum absolute atomic E-state index is 14.0. The molecule has 2 aliphatic rings. The van der Waals surface area contributed by atoms with Gasteiger partial charge in [0.05, 0.1) is 22.6 Å². The van der Waals surface area contributed by atoms with Gasteiger partial charge in [0.25, 0.3) is 0 Å². The minimum absolute atomic E-state index is 0.204. The van der Waals surface area contributed by atoms with E-state index in [0.717, 1.165) is 11.0 Å². The van der Waals surface area contributed by atoms with Crippen molar-refractivity contribution >= 4 is 40.8 Å². The van der Waals surface area contributed by atoms with Gasteiger partial charge in [-0.2, -0.15) is 5.10 Å². The van der Waals surface area contributed by atoms with Crippen molar-refractivity contribution < 1.29 is 18.8 Å². The fourth-order valence-corrected chi connectivity index (χ4v) is 4.60. The van der Waals surface area contributed by atoms with E-state index in [1.807, 2.05) is 0 Å². The molecular formula is C21H15ClFN5O3. The third-order valence-corrected chi connectivity index (χ3v) is 5.95. The first kappa shape index (κ1) is 19.3. The number of hydrogen-bond donors (Lipinski definition) is 2. The highest BCUT2D eigenvalue weighted by molar-refractivity contribution is 6.32. The Labute approximate surface area is 180 Å². The molecule has 3 aromatic rings. The molecule has 2 aromatic carbocycles. The van der Waals surface area contributed by atoms with Crippen LogP contribution >= 0.6 is 11.6 Å². The topological polar surface area (TPSA) is 110 Å². The van der Waals surface area contributed by atoms with Crippen LogP contribution in [0.5, 0.6) is 0 Å². The number of carbonyl (C=O) groups excluding carboxylic acids is 3. The predicted molar refractivity (Wildman–Crippen MR) is 111 cm³/mol. The Bertz CT molecular complexity index is 1290. The number of hydrogen-bond acceptors (Lipinski definition) is 4. The highest BCUT2D eigenvalue weighted by atomic mass is 35.5. The molecule has 0 radical (unpaired) electrons. The van der Waals surface area contributed by atoms with Gasteiger partial charge in [0, 0.05) is 12.0 Å². The predicted octanol–water partition coefficient (Wildman–Crippen LogP) is 2.13. The molecule has 5 rings (SSSR count). The Morgan fingerprint density at radius 1 is 1.19 bits per heavy atom. The number of rotatable bonds is 3. The zero-order valence-corrected chi connectivity index (χ0v) is 16.7. The zero-order chi connectivity index (χ0) is 21.9. The number of halogens is 2. The van der Waals surface area contributed by atoms with Gasteiger partial charge >= 0.3 is 0 Å². The van der Waals surface area contributed by atoms with E-state index in [2.05, 4.69) is 10.4 Å². The molecule has 3 amide bonds.